The lowest BCUT2D eigenvalue weighted by Gasteiger charge is -2.26. The van der Waals surface area contributed by atoms with Crippen molar-refractivity contribution in [1.29, 1.82) is 0 Å². The van der Waals surface area contributed by atoms with Crippen molar-refractivity contribution in [3.63, 3.8) is 0 Å². The van der Waals surface area contributed by atoms with Crippen LogP contribution in [-0.4, -0.2) is 56.7 Å². The molecule has 2 heterocycles. The molecule has 158 valence electrons. The van der Waals surface area contributed by atoms with Gasteiger partial charge in [0.25, 0.3) is 5.91 Å². The van der Waals surface area contributed by atoms with Gasteiger partial charge >= 0.3 is 0 Å². The van der Waals surface area contributed by atoms with Crippen LogP contribution in [0, 0.1) is 12.8 Å². The van der Waals surface area contributed by atoms with Crippen molar-refractivity contribution in [2.24, 2.45) is 5.92 Å². The predicted octanol–water partition coefficient (Wildman–Crippen LogP) is 0.304. The maximum absolute atomic E-state index is 13.5. The average molecular weight is 412 g/mol. The van der Waals surface area contributed by atoms with Crippen LogP contribution in [-0.2, 0) is 9.59 Å². The molecule has 7 nitrogen and oxygen atoms in total. The molecule has 0 bridgehead atoms. The molecule has 1 aliphatic heterocycles. The number of nitrogens with zero attached hydrogens (tertiary/aromatic N) is 1. The zero-order chi connectivity index (χ0) is 21.8. The van der Waals surface area contributed by atoms with Gasteiger partial charge in [-0.15, -0.1) is 0 Å². The Morgan fingerprint density at radius 3 is 2.60 bits per heavy atom. The van der Waals surface area contributed by atoms with E-state index >= 15 is 0 Å². The molecule has 1 aromatic carbocycles. The summed E-state index contributed by atoms with van der Waals surface area (Å²) >= 11 is 0. The molecule has 1 fully saturated rings. The molecule has 2 unspecified atom stereocenters. The number of amides is 1. The number of carbonyl (C=O) groups excluding carboxylic acids is 3. The summed E-state index contributed by atoms with van der Waals surface area (Å²) in [6.07, 6.45) is 4.26. The Balaban J connectivity index is 1.99. The second-order valence-electron chi connectivity index (χ2n) is 7.98. The first-order valence-electron chi connectivity index (χ1n) is 10.1. The van der Waals surface area contributed by atoms with E-state index in [9.17, 15) is 14.4 Å². The molecule has 2 aromatic rings. The molecule has 1 saturated heterocycles. The summed E-state index contributed by atoms with van der Waals surface area (Å²) in [6, 6.07) is 8.17. The maximum Gasteiger partial charge on any atom is 0.291 e. The minimum absolute atomic E-state index is 0.330. The fraction of sp³-hybridized carbons (Fsp3) is 0.391. The molecule has 7 heteroatoms. The highest BCUT2D eigenvalue weighted by molar-refractivity contribution is 6.44. The van der Waals surface area contributed by atoms with Crippen LogP contribution in [0.2, 0.25) is 0 Å². The maximum atomic E-state index is 13.5. The van der Waals surface area contributed by atoms with Crippen molar-refractivity contribution >= 4 is 17.5 Å². The van der Waals surface area contributed by atoms with Gasteiger partial charge < -0.3 is 14.5 Å². The Morgan fingerprint density at radius 1 is 1.23 bits per heavy atom. The van der Waals surface area contributed by atoms with Gasteiger partial charge in [0.15, 0.2) is 18.2 Å². The van der Waals surface area contributed by atoms with Crippen LogP contribution in [0.15, 0.2) is 42.7 Å². The number of Topliss-reactive ketones (excluding diaryl/α,β-unsaturated/α-hetero) is 2. The van der Waals surface area contributed by atoms with Crippen LogP contribution >= 0.6 is 0 Å². The number of rotatable bonds is 8. The number of nitrogens with one attached hydrogen (secondary N) is 2. The molecule has 2 N–H and O–H groups in total. The zero-order valence-electron chi connectivity index (χ0n) is 17.9. The SMILES string of the molecule is COc1ccc(C(=O)C2C(=O)C(=O)N(CCC[NH+](C)C)C2c2ccc[nH+]c2)c(C)c1. The monoisotopic (exact) mass is 411 g/mol. The Hall–Kier alpha value is -3.06. The number of ether oxygens (including phenoxy) is 1. The van der Waals surface area contributed by atoms with Gasteiger partial charge in [-0.25, -0.2) is 4.98 Å². The number of pyridine rings is 1. The minimum atomic E-state index is -1.06. The molecule has 0 radical (unpaired) electrons. The van der Waals surface area contributed by atoms with E-state index in [-0.39, 0.29) is 5.78 Å². The number of aromatic amines is 1. The summed E-state index contributed by atoms with van der Waals surface area (Å²) in [5.74, 6) is -1.97. The Kier molecular flexibility index (Phi) is 6.62. The molecule has 2 atom stereocenters. The predicted molar refractivity (Wildman–Crippen MR) is 110 cm³/mol. The van der Waals surface area contributed by atoms with Gasteiger partial charge in [-0.2, -0.15) is 0 Å². The second-order valence-corrected chi connectivity index (χ2v) is 7.98. The Labute approximate surface area is 176 Å². The van der Waals surface area contributed by atoms with E-state index in [1.54, 1.807) is 49.5 Å². The molecule has 30 heavy (non-hydrogen) atoms. The van der Waals surface area contributed by atoms with E-state index in [1.165, 1.54) is 4.90 Å². The van der Waals surface area contributed by atoms with Gasteiger partial charge in [-0.05, 0) is 36.8 Å². The van der Waals surface area contributed by atoms with Gasteiger partial charge in [0, 0.05) is 30.2 Å². The summed E-state index contributed by atoms with van der Waals surface area (Å²) in [5.41, 5.74) is 1.90. The van der Waals surface area contributed by atoms with Crippen molar-refractivity contribution in [2.75, 3.05) is 34.3 Å². The smallest absolute Gasteiger partial charge is 0.291 e. The lowest BCUT2D eigenvalue weighted by atomic mass is 9.85. The molecular formula is C23H29N3O4+2. The third-order valence-electron chi connectivity index (χ3n) is 5.54. The van der Waals surface area contributed by atoms with E-state index in [1.807, 2.05) is 26.2 Å². The van der Waals surface area contributed by atoms with E-state index < -0.39 is 23.7 Å². The molecule has 3 rings (SSSR count). The summed E-state index contributed by atoms with van der Waals surface area (Å²) in [5, 5.41) is 0. The second kappa shape index (κ2) is 9.17. The highest BCUT2D eigenvalue weighted by Gasteiger charge is 2.52. The molecular weight excluding hydrogens is 382 g/mol. The van der Waals surface area contributed by atoms with Gasteiger partial charge in [0.05, 0.1) is 33.8 Å². The fourth-order valence-electron chi connectivity index (χ4n) is 4.00. The largest absolute Gasteiger partial charge is 0.497 e. The number of hydrogen-bond acceptors (Lipinski definition) is 4. The molecule has 1 amide bonds. The quantitative estimate of drug-likeness (QED) is 0.385. The number of benzene rings is 1. The van der Waals surface area contributed by atoms with Crippen molar-refractivity contribution in [1.82, 2.24) is 4.90 Å². The van der Waals surface area contributed by atoms with E-state index in [0.29, 0.717) is 23.4 Å². The number of carbonyl (C=O) groups is 3. The van der Waals surface area contributed by atoms with Gasteiger partial charge in [-0.1, -0.05) is 0 Å². The topological polar surface area (TPSA) is 82.3 Å². The molecule has 0 saturated carbocycles. The Morgan fingerprint density at radius 2 is 2.00 bits per heavy atom. The number of quaternary nitrogens is 1. The number of likely N-dealkylation sites (tertiary alicyclic amines) is 1. The summed E-state index contributed by atoms with van der Waals surface area (Å²) < 4.78 is 5.22. The number of methoxy groups -OCH3 is 1. The lowest BCUT2D eigenvalue weighted by Crippen LogP contribution is -3.05. The van der Waals surface area contributed by atoms with E-state index in [0.717, 1.165) is 18.5 Å². The standard InChI is InChI=1S/C23H27N3O4/c1-15-13-17(30-4)8-9-18(15)21(27)19-20(16-7-5-10-24-14-16)26(23(29)22(19)28)12-6-11-25(2)3/h5,7-10,13-14,19-20H,6,11-12H2,1-4H3/p+2. The number of aryl methyl sites for hydroxylation is 1. The minimum Gasteiger partial charge on any atom is -0.497 e. The van der Waals surface area contributed by atoms with Gasteiger partial charge in [0.1, 0.15) is 11.7 Å². The van der Waals surface area contributed by atoms with Crippen LogP contribution in [0.1, 0.15) is 33.9 Å². The first-order chi connectivity index (χ1) is 14.3. The average Bonchev–Trinajstić information content (AvgIpc) is 2.98. The van der Waals surface area contributed by atoms with Crippen LogP contribution < -0.4 is 14.6 Å². The Bertz CT molecular complexity index is 943. The summed E-state index contributed by atoms with van der Waals surface area (Å²) in [4.78, 5) is 45.2. The number of hydrogen-bond donors (Lipinski definition) is 1. The highest BCUT2D eigenvalue weighted by Crippen LogP contribution is 2.38. The molecule has 1 aromatic heterocycles. The van der Waals surface area contributed by atoms with Crippen LogP contribution in [0.4, 0.5) is 0 Å². The number of H-pyrrole nitrogens is 1. The van der Waals surface area contributed by atoms with Crippen LogP contribution in [0.3, 0.4) is 0 Å². The van der Waals surface area contributed by atoms with Crippen molar-refractivity contribution in [2.45, 2.75) is 19.4 Å². The zero-order valence-corrected chi connectivity index (χ0v) is 17.9. The number of aromatic nitrogens is 1. The third-order valence-corrected chi connectivity index (χ3v) is 5.54. The first kappa shape index (κ1) is 21.6. The fourth-order valence-corrected chi connectivity index (χ4v) is 4.00. The van der Waals surface area contributed by atoms with Crippen molar-refractivity contribution in [3.8, 4) is 5.75 Å². The molecule has 0 aliphatic carbocycles. The molecule has 0 spiro atoms. The first-order valence-corrected chi connectivity index (χ1v) is 10.1. The van der Waals surface area contributed by atoms with Crippen molar-refractivity contribution in [3.05, 3.63) is 59.4 Å². The van der Waals surface area contributed by atoms with E-state index in [4.69, 9.17) is 4.74 Å². The number of ketones is 2. The van der Waals surface area contributed by atoms with Crippen molar-refractivity contribution < 1.29 is 29.0 Å². The third kappa shape index (κ3) is 4.26. The summed E-state index contributed by atoms with van der Waals surface area (Å²) in [6.45, 7) is 3.10. The highest BCUT2D eigenvalue weighted by atomic mass is 16.5. The molecule has 1 aliphatic rings. The van der Waals surface area contributed by atoms with Gasteiger partial charge in [-0.3, -0.25) is 14.4 Å². The lowest BCUT2D eigenvalue weighted by molar-refractivity contribution is -0.858. The van der Waals surface area contributed by atoms with Crippen LogP contribution in [0.5, 0.6) is 5.75 Å². The summed E-state index contributed by atoms with van der Waals surface area (Å²) in [7, 11) is 5.64. The van der Waals surface area contributed by atoms with E-state index in [2.05, 4.69) is 4.98 Å². The normalized spacial score (nSPS) is 18.9. The van der Waals surface area contributed by atoms with Gasteiger partial charge in [0.2, 0.25) is 5.78 Å². The van der Waals surface area contributed by atoms with Crippen LogP contribution in [0.25, 0.3) is 0 Å².